The molecule has 1 N–H and O–H groups in total. The van der Waals surface area contributed by atoms with E-state index in [1.165, 1.54) is 48.8 Å². The Bertz CT molecular complexity index is 765. The monoisotopic (exact) mass is 348 g/mol. The summed E-state index contributed by atoms with van der Waals surface area (Å²) in [7, 11) is 0. The molecule has 1 aromatic heterocycles. The molecule has 1 heterocycles. The third kappa shape index (κ3) is 3.53. The van der Waals surface area contributed by atoms with E-state index in [9.17, 15) is 4.79 Å². The van der Waals surface area contributed by atoms with Gasteiger partial charge < -0.3 is 5.32 Å². The van der Waals surface area contributed by atoms with Crippen LogP contribution >= 0.6 is 0 Å². The Hall–Kier alpha value is -2.16. The van der Waals surface area contributed by atoms with Gasteiger partial charge in [0.1, 0.15) is 0 Å². The minimum Gasteiger partial charge on any atom is -0.355 e. The first-order valence-electron chi connectivity index (χ1n) is 9.93. The van der Waals surface area contributed by atoms with E-state index < -0.39 is 0 Å². The molecule has 0 bridgehead atoms. The van der Waals surface area contributed by atoms with Gasteiger partial charge in [-0.15, -0.1) is 0 Å². The summed E-state index contributed by atoms with van der Waals surface area (Å²) in [5.74, 6) is 0.693. The molecule has 1 aromatic carbocycles. The zero-order chi connectivity index (χ0) is 18.0. The predicted octanol–water partition coefficient (Wildman–Crippen LogP) is 4.51. The fourth-order valence-corrected chi connectivity index (χ4v) is 4.61. The summed E-state index contributed by atoms with van der Waals surface area (Å²) in [4.78, 5) is 16.9. The van der Waals surface area contributed by atoms with Gasteiger partial charge in [0.25, 0.3) is 0 Å². The van der Waals surface area contributed by atoms with Crippen molar-refractivity contribution < 1.29 is 4.79 Å². The van der Waals surface area contributed by atoms with Crippen LogP contribution in [0, 0.1) is 12.8 Å². The van der Waals surface area contributed by atoms with Crippen molar-refractivity contribution in [3.05, 3.63) is 65.5 Å². The molecular formula is C23H28N2O. The van der Waals surface area contributed by atoms with Gasteiger partial charge in [-0.05, 0) is 49.3 Å². The number of hydrogen-bond donors (Lipinski definition) is 1. The van der Waals surface area contributed by atoms with E-state index in [0.29, 0.717) is 5.92 Å². The van der Waals surface area contributed by atoms with Crippen LogP contribution in [-0.2, 0) is 10.2 Å². The highest BCUT2D eigenvalue weighted by Gasteiger charge is 2.45. The molecule has 0 spiro atoms. The van der Waals surface area contributed by atoms with Crippen molar-refractivity contribution in [1.82, 2.24) is 10.3 Å². The highest BCUT2D eigenvalue weighted by Crippen LogP contribution is 2.47. The van der Waals surface area contributed by atoms with Crippen LogP contribution in [0.15, 0.2) is 48.8 Å². The van der Waals surface area contributed by atoms with Gasteiger partial charge in [-0.25, -0.2) is 0 Å². The zero-order valence-corrected chi connectivity index (χ0v) is 15.6. The van der Waals surface area contributed by atoms with Gasteiger partial charge in [0.2, 0.25) is 5.91 Å². The Morgan fingerprint density at radius 1 is 1.19 bits per heavy atom. The molecule has 2 fully saturated rings. The molecule has 0 aliphatic heterocycles. The van der Waals surface area contributed by atoms with Crippen LogP contribution in [-0.4, -0.2) is 17.4 Å². The van der Waals surface area contributed by atoms with E-state index in [0.717, 1.165) is 13.0 Å². The highest BCUT2D eigenvalue weighted by molar-refractivity contribution is 5.83. The fraction of sp³-hybridized carbons (Fsp3) is 0.478. The van der Waals surface area contributed by atoms with Gasteiger partial charge in [0.15, 0.2) is 0 Å². The number of benzene rings is 1. The maximum absolute atomic E-state index is 12.7. The molecule has 26 heavy (non-hydrogen) atoms. The van der Waals surface area contributed by atoms with Crippen molar-refractivity contribution in [2.24, 2.45) is 5.92 Å². The van der Waals surface area contributed by atoms with Gasteiger partial charge in [0.05, 0.1) is 0 Å². The lowest BCUT2D eigenvalue weighted by molar-refractivity contribution is -0.122. The summed E-state index contributed by atoms with van der Waals surface area (Å²) in [6, 6.07) is 12.9. The second-order valence-electron chi connectivity index (χ2n) is 8.16. The molecule has 0 saturated heterocycles. The molecular weight excluding hydrogens is 320 g/mol. The highest BCUT2D eigenvalue weighted by atomic mass is 16.2. The maximum atomic E-state index is 12.7. The molecule has 2 aliphatic carbocycles. The van der Waals surface area contributed by atoms with E-state index in [-0.39, 0.29) is 17.2 Å². The third-order valence-corrected chi connectivity index (χ3v) is 6.28. The number of nitrogens with zero attached hydrogens (tertiary/aromatic N) is 1. The molecule has 2 saturated carbocycles. The Balaban J connectivity index is 1.43. The minimum atomic E-state index is 0.110. The molecule has 0 unspecified atom stereocenters. The second kappa shape index (κ2) is 7.22. The lowest BCUT2D eigenvalue weighted by Gasteiger charge is -2.38. The van der Waals surface area contributed by atoms with Crippen LogP contribution in [0.4, 0.5) is 0 Å². The fourth-order valence-electron chi connectivity index (χ4n) is 4.61. The number of pyridine rings is 1. The van der Waals surface area contributed by atoms with Crippen molar-refractivity contribution >= 4 is 5.91 Å². The number of aryl methyl sites for hydroxylation is 1. The molecule has 2 aromatic rings. The Kier molecular flexibility index (Phi) is 4.80. The van der Waals surface area contributed by atoms with Crippen molar-refractivity contribution in [1.29, 1.82) is 0 Å². The Morgan fingerprint density at radius 3 is 2.77 bits per heavy atom. The maximum Gasteiger partial charge on any atom is 0.223 e. The predicted molar refractivity (Wildman–Crippen MR) is 104 cm³/mol. The average molecular weight is 348 g/mol. The van der Waals surface area contributed by atoms with E-state index in [1.807, 2.05) is 12.3 Å². The number of nitrogens with one attached hydrogen (secondary N) is 1. The van der Waals surface area contributed by atoms with E-state index >= 15 is 0 Å². The van der Waals surface area contributed by atoms with E-state index in [1.54, 1.807) is 6.20 Å². The number of amides is 1. The summed E-state index contributed by atoms with van der Waals surface area (Å²) in [6.07, 6.45) is 10.8. The SMILES string of the molecule is Cc1cccc(C2(CNC(=O)[C@H]3C[C@@H]3c3cccnc3)CCCCC2)c1. The first-order chi connectivity index (χ1) is 12.7. The first-order valence-corrected chi connectivity index (χ1v) is 9.93. The molecule has 2 atom stereocenters. The normalized spacial score (nSPS) is 24.0. The minimum absolute atomic E-state index is 0.110. The smallest absolute Gasteiger partial charge is 0.223 e. The van der Waals surface area contributed by atoms with Crippen molar-refractivity contribution in [2.45, 2.75) is 56.8 Å². The number of carbonyl (C=O) groups is 1. The van der Waals surface area contributed by atoms with E-state index in [4.69, 9.17) is 0 Å². The molecule has 3 heteroatoms. The largest absolute Gasteiger partial charge is 0.355 e. The molecule has 1 amide bonds. The number of hydrogen-bond acceptors (Lipinski definition) is 2. The van der Waals surface area contributed by atoms with Gasteiger partial charge in [0, 0.05) is 30.3 Å². The third-order valence-electron chi connectivity index (χ3n) is 6.28. The molecule has 2 aliphatic rings. The van der Waals surface area contributed by atoms with Crippen LogP contribution in [0.1, 0.15) is 61.1 Å². The lowest BCUT2D eigenvalue weighted by Crippen LogP contribution is -2.42. The van der Waals surface area contributed by atoms with Crippen LogP contribution in [0.25, 0.3) is 0 Å². The molecule has 4 rings (SSSR count). The molecule has 3 nitrogen and oxygen atoms in total. The van der Waals surface area contributed by atoms with Gasteiger partial charge in [-0.2, -0.15) is 0 Å². The lowest BCUT2D eigenvalue weighted by atomic mass is 9.69. The second-order valence-corrected chi connectivity index (χ2v) is 8.16. The summed E-state index contributed by atoms with van der Waals surface area (Å²) in [5.41, 5.74) is 4.01. The number of aromatic nitrogens is 1. The van der Waals surface area contributed by atoms with Gasteiger partial charge >= 0.3 is 0 Å². The Morgan fingerprint density at radius 2 is 2.04 bits per heavy atom. The molecule has 136 valence electrons. The topological polar surface area (TPSA) is 42.0 Å². The zero-order valence-electron chi connectivity index (χ0n) is 15.6. The summed E-state index contributed by atoms with van der Waals surface area (Å²) < 4.78 is 0. The van der Waals surface area contributed by atoms with Crippen LogP contribution in [0.3, 0.4) is 0 Å². The summed E-state index contributed by atoms with van der Waals surface area (Å²) in [6.45, 7) is 2.92. The van der Waals surface area contributed by atoms with Crippen LogP contribution in [0.2, 0.25) is 0 Å². The summed E-state index contributed by atoms with van der Waals surface area (Å²) >= 11 is 0. The van der Waals surface area contributed by atoms with Crippen LogP contribution in [0.5, 0.6) is 0 Å². The average Bonchev–Trinajstić information content (AvgIpc) is 3.49. The van der Waals surface area contributed by atoms with Crippen LogP contribution < -0.4 is 5.32 Å². The molecule has 0 radical (unpaired) electrons. The van der Waals surface area contributed by atoms with E-state index in [2.05, 4.69) is 47.6 Å². The van der Waals surface area contributed by atoms with Crippen molar-refractivity contribution in [3.8, 4) is 0 Å². The quantitative estimate of drug-likeness (QED) is 0.864. The summed E-state index contributed by atoms with van der Waals surface area (Å²) in [5, 5.41) is 3.31. The number of carbonyl (C=O) groups excluding carboxylic acids is 1. The standard InChI is InChI=1S/C23H28N2O/c1-17-7-5-9-19(13-17)23(10-3-2-4-11-23)16-25-22(26)21-14-20(21)18-8-6-12-24-15-18/h5-9,12-13,15,20-21H,2-4,10-11,14,16H2,1H3,(H,25,26)/t20-,21+/m1/s1. The van der Waals surface area contributed by atoms with Crippen molar-refractivity contribution in [2.75, 3.05) is 6.54 Å². The van der Waals surface area contributed by atoms with Crippen molar-refractivity contribution in [3.63, 3.8) is 0 Å². The Labute approximate surface area is 156 Å². The first kappa shape index (κ1) is 17.3. The number of rotatable bonds is 5. The van der Waals surface area contributed by atoms with Gasteiger partial charge in [-0.3, -0.25) is 9.78 Å². The van der Waals surface area contributed by atoms with Gasteiger partial charge in [-0.1, -0.05) is 55.2 Å².